The van der Waals surface area contributed by atoms with E-state index in [1.165, 1.54) is 0 Å². The number of likely N-dealkylation sites (N-methyl/N-ethyl adjacent to an activating group) is 1. The molecule has 37 heavy (non-hydrogen) atoms. The van der Waals surface area contributed by atoms with E-state index in [1.807, 2.05) is 91.0 Å². The van der Waals surface area contributed by atoms with E-state index in [1.54, 1.807) is 19.0 Å². The summed E-state index contributed by atoms with van der Waals surface area (Å²) in [6.45, 7) is 1.09. The lowest BCUT2D eigenvalue weighted by molar-refractivity contribution is -0.568. The van der Waals surface area contributed by atoms with Gasteiger partial charge in [-0.25, -0.2) is 0 Å². The molecular formula is C29H34N2O6. The SMILES string of the molecule is CN(C)[C@@H]1O[C@H](COCc2ccccc2)[C@@H](OCc2ccccc2)[C@H](OCc2ccccc2)[C@H]1[N+](=O)[O-]. The summed E-state index contributed by atoms with van der Waals surface area (Å²) in [5, 5.41) is 12.3. The Kier molecular flexibility index (Phi) is 9.76. The van der Waals surface area contributed by atoms with Crippen molar-refractivity contribution in [2.75, 3.05) is 20.7 Å². The van der Waals surface area contributed by atoms with Gasteiger partial charge < -0.3 is 18.9 Å². The van der Waals surface area contributed by atoms with E-state index in [0.717, 1.165) is 16.7 Å². The van der Waals surface area contributed by atoms with Crippen molar-refractivity contribution >= 4 is 0 Å². The second-order valence-corrected chi connectivity index (χ2v) is 9.33. The summed E-state index contributed by atoms with van der Waals surface area (Å²) >= 11 is 0. The molecule has 8 nitrogen and oxygen atoms in total. The van der Waals surface area contributed by atoms with Crippen LogP contribution >= 0.6 is 0 Å². The highest BCUT2D eigenvalue weighted by atomic mass is 16.7. The summed E-state index contributed by atoms with van der Waals surface area (Å²) < 4.78 is 25.0. The third kappa shape index (κ3) is 7.44. The molecule has 196 valence electrons. The first-order chi connectivity index (χ1) is 18.0. The molecule has 0 spiro atoms. The quantitative estimate of drug-likeness (QED) is 0.267. The van der Waals surface area contributed by atoms with Crippen LogP contribution < -0.4 is 0 Å². The van der Waals surface area contributed by atoms with Gasteiger partial charge in [0.1, 0.15) is 12.2 Å². The Balaban J connectivity index is 1.58. The molecule has 1 heterocycles. The van der Waals surface area contributed by atoms with Crippen molar-refractivity contribution < 1.29 is 23.9 Å². The molecule has 1 aliphatic heterocycles. The fourth-order valence-corrected chi connectivity index (χ4v) is 4.49. The minimum Gasteiger partial charge on any atom is -0.374 e. The van der Waals surface area contributed by atoms with Crippen molar-refractivity contribution in [1.29, 1.82) is 0 Å². The first-order valence-corrected chi connectivity index (χ1v) is 12.4. The van der Waals surface area contributed by atoms with Crippen molar-refractivity contribution in [3.05, 3.63) is 118 Å². The van der Waals surface area contributed by atoms with Gasteiger partial charge in [-0.05, 0) is 30.8 Å². The molecule has 1 aliphatic rings. The molecule has 0 aliphatic carbocycles. The van der Waals surface area contributed by atoms with Crippen LogP contribution in [0, 0.1) is 10.1 Å². The molecule has 0 unspecified atom stereocenters. The largest absolute Gasteiger partial charge is 0.374 e. The van der Waals surface area contributed by atoms with Crippen molar-refractivity contribution in [1.82, 2.24) is 4.90 Å². The van der Waals surface area contributed by atoms with E-state index >= 15 is 0 Å². The third-order valence-electron chi connectivity index (χ3n) is 6.35. The monoisotopic (exact) mass is 506 g/mol. The normalized spacial score (nSPS) is 23.7. The average Bonchev–Trinajstić information content (AvgIpc) is 2.92. The van der Waals surface area contributed by atoms with Gasteiger partial charge in [0.15, 0.2) is 12.3 Å². The Labute approximate surface area is 217 Å². The van der Waals surface area contributed by atoms with Gasteiger partial charge in [-0.2, -0.15) is 0 Å². The van der Waals surface area contributed by atoms with Gasteiger partial charge in [0.25, 0.3) is 6.04 Å². The molecule has 8 heteroatoms. The Hall–Kier alpha value is -3.14. The highest BCUT2D eigenvalue weighted by Gasteiger charge is 2.54. The summed E-state index contributed by atoms with van der Waals surface area (Å²) in [5.41, 5.74) is 2.92. The Bertz CT molecular complexity index is 1080. The lowest BCUT2D eigenvalue weighted by atomic mass is 9.95. The zero-order valence-electron chi connectivity index (χ0n) is 21.2. The summed E-state index contributed by atoms with van der Waals surface area (Å²) in [6.07, 6.45) is -2.95. The zero-order chi connectivity index (χ0) is 26.0. The molecule has 1 fully saturated rings. The Morgan fingerprint density at radius 2 is 1.22 bits per heavy atom. The number of hydrogen-bond acceptors (Lipinski definition) is 7. The average molecular weight is 507 g/mol. The van der Waals surface area contributed by atoms with Crippen LogP contribution in [0.3, 0.4) is 0 Å². The number of nitro groups is 1. The van der Waals surface area contributed by atoms with E-state index in [4.69, 9.17) is 18.9 Å². The molecule has 0 amide bonds. The molecule has 0 bridgehead atoms. The minimum absolute atomic E-state index is 0.203. The van der Waals surface area contributed by atoms with Gasteiger partial charge >= 0.3 is 0 Å². The number of ether oxygens (including phenoxy) is 4. The highest BCUT2D eigenvalue weighted by Crippen LogP contribution is 2.30. The van der Waals surface area contributed by atoms with Gasteiger partial charge in [-0.1, -0.05) is 91.0 Å². The van der Waals surface area contributed by atoms with Crippen molar-refractivity contribution in [2.45, 2.75) is 50.4 Å². The summed E-state index contributed by atoms with van der Waals surface area (Å²) in [5.74, 6) is 0. The smallest absolute Gasteiger partial charge is 0.280 e. The lowest BCUT2D eigenvalue weighted by Gasteiger charge is -2.44. The number of rotatable bonds is 12. The maximum Gasteiger partial charge on any atom is 0.280 e. The zero-order valence-corrected chi connectivity index (χ0v) is 21.2. The first kappa shape index (κ1) is 26.9. The molecule has 0 saturated carbocycles. The fourth-order valence-electron chi connectivity index (χ4n) is 4.49. The standard InChI is InChI=1S/C29H34N2O6/c1-30(2)29-26(31(32)33)28(36-20-24-16-10-5-11-17-24)27(35-19-23-14-8-4-9-15-23)25(37-29)21-34-18-22-12-6-3-7-13-22/h3-17,25-29H,18-21H2,1-2H3/t25-,26-,27-,28-,29-/m1/s1. The minimum atomic E-state index is -1.15. The second kappa shape index (κ2) is 13.4. The summed E-state index contributed by atoms with van der Waals surface area (Å²) in [6, 6.07) is 28.0. The van der Waals surface area contributed by atoms with Gasteiger partial charge in [-0.15, -0.1) is 0 Å². The van der Waals surface area contributed by atoms with Crippen LogP contribution in [0.4, 0.5) is 0 Å². The lowest BCUT2D eigenvalue weighted by Crippen LogP contribution is -2.65. The molecule has 5 atom stereocenters. The maximum absolute atomic E-state index is 12.3. The van der Waals surface area contributed by atoms with Crippen LogP contribution in [0.5, 0.6) is 0 Å². The predicted octanol–water partition coefficient (Wildman–Crippen LogP) is 4.31. The molecule has 0 N–H and O–H groups in total. The Morgan fingerprint density at radius 1 is 0.757 bits per heavy atom. The molecule has 4 rings (SSSR count). The first-order valence-electron chi connectivity index (χ1n) is 12.4. The van der Waals surface area contributed by atoms with E-state index < -0.39 is 30.6 Å². The van der Waals surface area contributed by atoms with Crippen LogP contribution in [0.2, 0.25) is 0 Å². The van der Waals surface area contributed by atoms with Crippen molar-refractivity contribution in [2.24, 2.45) is 0 Å². The van der Waals surface area contributed by atoms with Gasteiger partial charge in [0, 0.05) is 4.92 Å². The number of hydrogen-bond donors (Lipinski definition) is 0. The number of benzene rings is 3. The van der Waals surface area contributed by atoms with Crippen LogP contribution in [0.1, 0.15) is 16.7 Å². The van der Waals surface area contributed by atoms with Crippen molar-refractivity contribution in [3.63, 3.8) is 0 Å². The van der Waals surface area contributed by atoms with Crippen LogP contribution in [0.15, 0.2) is 91.0 Å². The predicted molar refractivity (Wildman–Crippen MR) is 139 cm³/mol. The summed E-state index contributed by atoms with van der Waals surface area (Å²) in [4.78, 5) is 13.7. The molecule has 0 aromatic heterocycles. The van der Waals surface area contributed by atoms with Crippen LogP contribution in [-0.2, 0) is 38.8 Å². The van der Waals surface area contributed by atoms with E-state index in [2.05, 4.69) is 0 Å². The van der Waals surface area contributed by atoms with Gasteiger partial charge in [0.2, 0.25) is 0 Å². The third-order valence-corrected chi connectivity index (χ3v) is 6.35. The molecule has 3 aromatic rings. The highest BCUT2D eigenvalue weighted by molar-refractivity contribution is 5.15. The Morgan fingerprint density at radius 3 is 1.68 bits per heavy atom. The van der Waals surface area contributed by atoms with Gasteiger partial charge in [0.05, 0.1) is 26.4 Å². The van der Waals surface area contributed by atoms with Crippen LogP contribution in [0.25, 0.3) is 0 Å². The van der Waals surface area contributed by atoms with Crippen molar-refractivity contribution in [3.8, 4) is 0 Å². The fraction of sp³-hybridized carbons (Fsp3) is 0.379. The van der Waals surface area contributed by atoms with E-state index in [-0.39, 0.29) is 24.7 Å². The van der Waals surface area contributed by atoms with Gasteiger partial charge in [-0.3, -0.25) is 15.0 Å². The molecular weight excluding hydrogens is 472 g/mol. The summed E-state index contributed by atoms with van der Waals surface area (Å²) in [7, 11) is 3.53. The van der Waals surface area contributed by atoms with E-state index in [0.29, 0.717) is 6.61 Å². The molecule has 0 radical (unpaired) electrons. The molecule has 3 aromatic carbocycles. The molecule has 1 saturated heterocycles. The maximum atomic E-state index is 12.3. The van der Waals surface area contributed by atoms with Crippen LogP contribution in [-0.4, -0.2) is 61.1 Å². The van der Waals surface area contributed by atoms with E-state index in [9.17, 15) is 10.1 Å². The second-order valence-electron chi connectivity index (χ2n) is 9.33. The topological polar surface area (TPSA) is 83.3 Å². The number of nitrogens with zero attached hydrogens (tertiary/aromatic N) is 2.